The van der Waals surface area contributed by atoms with E-state index in [0.29, 0.717) is 5.56 Å². The number of carbonyl (C=O) groups is 2. The number of rotatable bonds is 3. The zero-order valence-corrected chi connectivity index (χ0v) is 10.3. The summed E-state index contributed by atoms with van der Waals surface area (Å²) in [6, 6.07) is 11.4. The molecule has 2 rings (SSSR count). The molecule has 4 heteroatoms. The van der Waals surface area contributed by atoms with Gasteiger partial charge in [-0.3, -0.25) is 0 Å². The summed E-state index contributed by atoms with van der Waals surface area (Å²) < 4.78 is 0. The monoisotopic (exact) mass is 256 g/mol. The van der Waals surface area contributed by atoms with Crippen LogP contribution in [0.1, 0.15) is 26.3 Å². The molecular weight excluding hydrogens is 244 g/mol. The number of hydrogen-bond acceptors (Lipinski definition) is 2. The molecule has 2 N–H and O–H groups in total. The Bertz CT molecular complexity index is 627. The van der Waals surface area contributed by atoms with Crippen molar-refractivity contribution in [2.45, 2.75) is 6.92 Å². The average molecular weight is 256 g/mol. The van der Waals surface area contributed by atoms with Crippen molar-refractivity contribution in [1.82, 2.24) is 0 Å². The highest BCUT2D eigenvalue weighted by Crippen LogP contribution is 2.30. The standard InChI is InChI=1S/C15H12O4/c1-9-5-2-3-6-10(9)13-11(14(16)17)7-4-8-12(13)15(18)19/h2-8H,1H3,(H,16,17)(H,18,19). The van der Waals surface area contributed by atoms with E-state index in [1.54, 1.807) is 12.1 Å². The van der Waals surface area contributed by atoms with Crippen molar-refractivity contribution >= 4 is 11.9 Å². The second-order valence-electron chi connectivity index (χ2n) is 4.15. The Balaban J connectivity index is 2.83. The first-order chi connectivity index (χ1) is 9.02. The van der Waals surface area contributed by atoms with Gasteiger partial charge in [-0.2, -0.15) is 0 Å². The fourth-order valence-corrected chi connectivity index (χ4v) is 2.05. The molecule has 0 amide bonds. The fourth-order valence-electron chi connectivity index (χ4n) is 2.05. The summed E-state index contributed by atoms with van der Waals surface area (Å²) in [6.45, 7) is 1.82. The van der Waals surface area contributed by atoms with Crippen LogP contribution >= 0.6 is 0 Å². The van der Waals surface area contributed by atoms with Gasteiger partial charge < -0.3 is 10.2 Å². The quantitative estimate of drug-likeness (QED) is 0.885. The molecule has 2 aromatic rings. The molecule has 0 unspecified atom stereocenters. The molecule has 0 heterocycles. The third kappa shape index (κ3) is 2.33. The first kappa shape index (κ1) is 12.8. The number of carboxylic acid groups (broad SMARTS) is 2. The van der Waals surface area contributed by atoms with Gasteiger partial charge >= 0.3 is 11.9 Å². The number of aryl methyl sites for hydroxylation is 1. The lowest BCUT2D eigenvalue weighted by Crippen LogP contribution is -2.07. The Hall–Kier alpha value is -2.62. The van der Waals surface area contributed by atoms with E-state index in [-0.39, 0.29) is 16.7 Å². The fraction of sp³-hybridized carbons (Fsp3) is 0.0667. The van der Waals surface area contributed by atoms with E-state index in [1.807, 2.05) is 19.1 Å². The van der Waals surface area contributed by atoms with Gasteiger partial charge in [-0.25, -0.2) is 9.59 Å². The van der Waals surface area contributed by atoms with Crippen LogP contribution < -0.4 is 0 Å². The highest BCUT2D eigenvalue weighted by atomic mass is 16.4. The van der Waals surface area contributed by atoms with E-state index in [9.17, 15) is 19.8 Å². The van der Waals surface area contributed by atoms with Crippen molar-refractivity contribution in [1.29, 1.82) is 0 Å². The minimum absolute atomic E-state index is 0.00537. The molecule has 0 saturated heterocycles. The molecule has 96 valence electrons. The molecular formula is C15H12O4. The van der Waals surface area contributed by atoms with Gasteiger partial charge in [0.1, 0.15) is 0 Å². The third-order valence-corrected chi connectivity index (χ3v) is 2.94. The number of hydrogen-bond donors (Lipinski definition) is 2. The predicted octanol–water partition coefficient (Wildman–Crippen LogP) is 3.06. The van der Waals surface area contributed by atoms with E-state index in [4.69, 9.17) is 0 Å². The Morgan fingerprint density at radius 2 is 1.37 bits per heavy atom. The molecule has 0 aromatic heterocycles. The summed E-state index contributed by atoms with van der Waals surface area (Å²) in [7, 11) is 0. The average Bonchev–Trinajstić information content (AvgIpc) is 2.38. The maximum atomic E-state index is 11.3. The molecule has 0 saturated carbocycles. The number of carboxylic acids is 2. The molecule has 0 aliphatic heterocycles. The third-order valence-electron chi connectivity index (χ3n) is 2.94. The summed E-state index contributed by atoms with van der Waals surface area (Å²) in [5, 5.41) is 18.5. The van der Waals surface area contributed by atoms with E-state index < -0.39 is 11.9 Å². The van der Waals surface area contributed by atoms with Crippen LogP contribution in [0.2, 0.25) is 0 Å². The van der Waals surface area contributed by atoms with Crippen LogP contribution in [0.3, 0.4) is 0 Å². The number of benzene rings is 2. The zero-order valence-electron chi connectivity index (χ0n) is 10.3. The largest absolute Gasteiger partial charge is 0.478 e. The first-order valence-electron chi connectivity index (χ1n) is 5.68. The maximum absolute atomic E-state index is 11.3. The van der Waals surface area contributed by atoms with Crippen LogP contribution in [-0.2, 0) is 0 Å². The van der Waals surface area contributed by atoms with Crippen molar-refractivity contribution in [3.05, 3.63) is 59.2 Å². The van der Waals surface area contributed by atoms with E-state index in [1.165, 1.54) is 18.2 Å². The van der Waals surface area contributed by atoms with Crippen molar-refractivity contribution in [2.75, 3.05) is 0 Å². The molecule has 0 aliphatic carbocycles. The Labute approximate surface area is 109 Å². The maximum Gasteiger partial charge on any atom is 0.336 e. The van der Waals surface area contributed by atoms with Crippen molar-refractivity contribution < 1.29 is 19.8 Å². The molecule has 0 aliphatic rings. The van der Waals surface area contributed by atoms with Gasteiger partial charge in [-0.05, 0) is 30.2 Å². The Morgan fingerprint density at radius 1 is 0.842 bits per heavy atom. The second kappa shape index (κ2) is 4.94. The molecule has 0 bridgehead atoms. The van der Waals surface area contributed by atoms with Crippen LogP contribution in [0.25, 0.3) is 11.1 Å². The van der Waals surface area contributed by atoms with Gasteiger partial charge in [-0.15, -0.1) is 0 Å². The molecule has 0 spiro atoms. The highest BCUT2D eigenvalue weighted by molar-refractivity contribution is 6.05. The Morgan fingerprint density at radius 3 is 1.84 bits per heavy atom. The number of aromatic carboxylic acids is 2. The minimum Gasteiger partial charge on any atom is -0.478 e. The van der Waals surface area contributed by atoms with Crippen LogP contribution in [0.15, 0.2) is 42.5 Å². The summed E-state index contributed by atoms with van der Waals surface area (Å²) in [6.07, 6.45) is 0. The minimum atomic E-state index is -1.14. The molecule has 0 radical (unpaired) electrons. The zero-order chi connectivity index (χ0) is 14.0. The van der Waals surface area contributed by atoms with Crippen LogP contribution in [-0.4, -0.2) is 22.2 Å². The topological polar surface area (TPSA) is 74.6 Å². The van der Waals surface area contributed by atoms with E-state index >= 15 is 0 Å². The van der Waals surface area contributed by atoms with Gasteiger partial charge in [0, 0.05) is 5.56 Å². The van der Waals surface area contributed by atoms with Gasteiger partial charge in [0.05, 0.1) is 11.1 Å². The lowest BCUT2D eigenvalue weighted by molar-refractivity contribution is 0.0696. The van der Waals surface area contributed by atoms with Crippen molar-refractivity contribution in [3.8, 4) is 11.1 Å². The molecule has 19 heavy (non-hydrogen) atoms. The van der Waals surface area contributed by atoms with Crippen molar-refractivity contribution in [2.24, 2.45) is 0 Å². The predicted molar refractivity (Wildman–Crippen MR) is 70.5 cm³/mol. The first-order valence-corrected chi connectivity index (χ1v) is 5.68. The van der Waals surface area contributed by atoms with Crippen LogP contribution in [0.5, 0.6) is 0 Å². The summed E-state index contributed by atoms with van der Waals surface area (Å²) in [5.41, 5.74) is 1.70. The molecule has 4 nitrogen and oxygen atoms in total. The van der Waals surface area contributed by atoms with Crippen molar-refractivity contribution in [3.63, 3.8) is 0 Å². The molecule has 0 atom stereocenters. The van der Waals surface area contributed by atoms with Crippen LogP contribution in [0.4, 0.5) is 0 Å². The Kier molecular flexibility index (Phi) is 3.33. The van der Waals surface area contributed by atoms with Gasteiger partial charge in [0.25, 0.3) is 0 Å². The summed E-state index contributed by atoms with van der Waals surface area (Å²) >= 11 is 0. The van der Waals surface area contributed by atoms with Crippen LogP contribution in [0, 0.1) is 6.92 Å². The van der Waals surface area contributed by atoms with E-state index in [0.717, 1.165) is 5.56 Å². The van der Waals surface area contributed by atoms with Gasteiger partial charge in [-0.1, -0.05) is 30.3 Å². The summed E-state index contributed by atoms with van der Waals surface area (Å²) in [4.78, 5) is 22.6. The van der Waals surface area contributed by atoms with E-state index in [2.05, 4.69) is 0 Å². The highest BCUT2D eigenvalue weighted by Gasteiger charge is 2.20. The normalized spacial score (nSPS) is 10.2. The lowest BCUT2D eigenvalue weighted by atomic mass is 9.91. The SMILES string of the molecule is Cc1ccccc1-c1c(C(=O)O)cccc1C(=O)O. The van der Waals surface area contributed by atoms with Gasteiger partial charge in [0.2, 0.25) is 0 Å². The molecule has 2 aromatic carbocycles. The second-order valence-corrected chi connectivity index (χ2v) is 4.15. The lowest BCUT2D eigenvalue weighted by Gasteiger charge is -2.12. The smallest absolute Gasteiger partial charge is 0.336 e. The van der Waals surface area contributed by atoms with Gasteiger partial charge in [0.15, 0.2) is 0 Å². The molecule has 0 fully saturated rings. The summed E-state index contributed by atoms with van der Waals surface area (Å²) in [5.74, 6) is -2.28.